The number of nitrogens with zero attached hydrogens (tertiary/aromatic N) is 4. The minimum Gasteiger partial charge on any atom is -0.474 e. The average molecular weight is 423 g/mol. The van der Waals surface area contributed by atoms with E-state index in [9.17, 15) is 4.79 Å². The molecule has 0 radical (unpaired) electrons. The molecule has 0 fully saturated rings. The minimum absolute atomic E-state index is 0.277. The maximum absolute atomic E-state index is 13.3. The highest BCUT2D eigenvalue weighted by Gasteiger charge is 2.20. The summed E-state index contributed by atoms with van der Waals surface area (Å²) in [5.74, 6) is 0.0653. The van der Waals surface area contributed by atoms with Crippen LogP contribution < -0.4 is 10.1 Å². The predicted molar refractivity (Wildman–Crippen MR) is 116 cm³/mol. The molecule has 154 valence electrons. The third-order valence-electron chi connectivity index (χ3n) is 4.53. The molecule has 30 heavy (non-hydrogen) atoms. The number of pyridine rings is 2. The number of hydrogen-bond donors (Lipinski definition) is 1. The van der Waals surface area contributed by atoms with Crippen LogP contribution in [0, 0.1) is 6.92 Å². The summed E-state index contributed by atoms with van der Waals surface area (Å²) in [6.45, 7) is 2.63. The largest absolute Gasteiger partial charge is 0.474 e. The highest BCUT2D eigenvalue weighted by atomic mass is 32.1. The van der Waals surface area contributed by atoms with E-state index >= 15 is 0 Å². The van der Waals surface area contributed by atoms with Gasteiger partial charge in [-0.2, -0.15) is 5.10 Å². The summed E-state index contributed by atoms with van der Waals surface area (Å²) in [6.07, 6.45) is 1.61. The van der Waals surface area contributed by atoms with E-state index in [2.05, 4.69) is 15.4 Å². The zero-order valence-electron chi connectivity index (χ0n) is 16.9. The zero-order chi connectivity index (χ0) is 21.1. The van der Waals surface area contributed by atoms with Crippen LogP contribution in [-0.2, 0) is 11.8 Å². The molecule has 0 aliphatic rings. The Balaban J connectivity index is 1.73. The van der Waals surface area contributed by atoms with Crippen molar-refractivity contribution in [3.8, 4) is 16.5 Å². The van der Waals surface area contributed by atoms with Gasteiger partial charge in [0, 0.05) is 20.4 Å². The van der Waals surface area contributed by atoms with Crippen molar-refractivity contribution in [3.05, 3.63) is 53.2 Å². The lowest BCUT2D eigenvalue weighted by molar-refractivity contribution is 0.102. The number of methoxy groups -OCH3 is 1. The number of aromatic nitrogens is 4. The standard InChI is InChI=1S/C21H21N5O3S/c1-13-18-14(12-16(17-7-5-11-30-17)23-19(18)26(2)25-13)20(27)24-15-6-4-8-22-21(15)29-10-9-28-3/h4-8,11-12H,9-10H2,1-3H3,(H,24,27). The number of fused-ring (bicyclic) bond motifs is 1. The first-order valence-corrected chi connectivity index (χ1v) is 10.2. The van der Waals surface area contributed by atoms with Crippen LogP contribution in [-0.4, -0.2) is 46.0 Å². The van der Waals surface area contributed by atoms with E-state index in [0.717, 1.165) is 21.7 Å². The van der Waals surface area contributed by atoms with Gasteiger partial charge in [-0.3, -0.25) is 9.48 Å². The summed E-state index contributed by atoms with van der Waals surface area (Å²) in [5.41, 5.74) is 3.12. The lowest BCUT2D eigenvalue weighted by Crippen LogP contribution is -2.15. The summed E-state index contributed by atoms with van der Waals surface area (Å²) in [4.78, 5) is 23.2. The molecule has 0 atom stereocenters. The number of carbonyl (C=O) groups excluding carboxylic acids is 1. The van der Waals surface area contributed by atoms with Crippen molar-refractivity contribution in [2.24, 2.45) is 7.05 Å². The van der Waals surface area contributed by atoms with Crippen molar-refractivity contribution in [3.63, 3.8) is 0 Å². The molecular formula is C21H21N5O3S. The molecule has 4 aromatic rings. The molecule has 4 aromatic heterocycles. The molecule has 0 saturated heterocycles. The van der Waals surface area contributed by atoms with Gasteiger partial charge in [0.1, 0.15) is 12.3 Å². The van der Waals surface area contributed by atoms with Crippen molar-refractivity contribution in [1.82, 2.24) is 19.7 Å². The van der Waals surface area contributed by atoms with Crippen molar-refractivity contribution in [2.75, 3.05) is 25.6 Å². The molecule has 1 N–H and O–H groups in total. The Hall–Kier alpha value is -3.30. The van der Waals surface area contributed by atoms with Gasteiger partial charge in [-0.15, -0.1) is 11.3 Å². The third kappa shape index (κ3) is 3.89. The van der Waals surface area contributed by atoms with Crippen LogP contribution in [0.15, 0.2) is 41.9 Å². The molecule has 0 aromatic carbocycles. The zero-order valence-corrected chi connectivity index (χ0v) is 17.7. The SMILES string of the molecule is COCCOc1ncccc1NC(=O)c1cc(-c2cccs2)nc2c1c(C)nn2C. The van der Waals surface area contributed by atoms with E-state index in [4.69, 9.17) is 14.5 Å². The summed E-state index contributed by atoms with van der Waals surface area (Å²) < 4.78 is 12.3. The van der Waals surface area contributed by atoms with Crippen molar-refractivity contribution in [1.29, 1.82) is 0 Å². The normalized spacial score (nSPS) is 11.0. The Morgan fingerprint density at radius 2 is 2.13 bits per heavy atom. The van der Waals surface area contributed by atoms with Gasteiger partial charge in [0.05, 0.1) is 33.8 Å². The van der Waals surface area contributed by atoms with Crippen LogP contribution in [0.1, 0.15) is 16.1 Å². The fraction of sp³-hybridized carbons (Fsp3) is 0.238. The summed E-state index contributed by atoms with van der Waals surface area (Å²) in [5, 5.41) is 10.1. The number of rotatable bonds is 7. The Labute approximate surface area is 177 Å². The molecule has 8 nitrogen and oxygen atoms in total. The molecule has 0 saturated carbocycles. The summed E-state index contributed by atoms with van der Waals surface area (Å²) >= 11 is 1.57. The van der Waals surface area contributed by atoms with Crippen LogP contribution in [0.4, 0.5) is 5.69 Å². The van der Waals surface area contributed by atoms with Crippen LogP contribution in [0.2, 0.25) is 0 Å². The van der Waals surface area contributed by atoms with Gasteiger partial charge in [-0.05, 0) is 36.6 Å². The molecule has 0 aliphatic heterocycles. The van der Waals surface area contributed by atoms with E-state index < -0.39 is 0 Å². The van der Waals surface area contributed by atoms with Gasteiger partial charge >= 0.3 is 0 Å². The molecular weight excluding hydrogens is 402 g/mol. The van der Waals surface area contributed by atoms with Gasteiger partial charge in [-0.25, -0.2) is 9.97 Å². The number of thiophene rings is 1. The molecule has 0 spiro atoms. The van der Waals surface area contributed by atoms with Crippen molar-refractivity contribution in [2.45, 2.75) is 6.92 Å². The monoisotopic (exact) mass is 423 g/mol. The number of ether oxygens (including phenoxy) is 2. The van der Waals surface area contributed by atoms with Gasteiger partial charge < -0.3 is 14.8 Å². The van der Waals surface area contributed by atoms with Gasteiger partial charge in [0.2, 0.25) is 5.88 Å². The van der Waals surface area contributed by atoms with Gasteiger partial charge in [0.25, 0.3) is 5.91 Å². The summed E-state index contributed by atoms with van der Waals surface area (Å²) in [6, 6.07) is 9.24. The smallest absolute Gasteiger partial charge is 0.256 e. The maximum Gasteiger partial charge on any atom is 0.256 e. The van der Waals surface area contributed by atoms with E-state index in [1.807, 2.05) is 31.5 Å². The van der Waals surface area contributed by atoms with Crippen LogP contribution in [0.3, 0.4) is 0 Å². The number of hydrogen-bond acceptors (Lipinski definition) is 7. The lowest BCUT2D eigenvalue weighted by Gasteiger charge is -2.12. The molecule has 4 heterocycles. The fourth-order valence-corrected chi connectivity index (χ4v) is 3.87. The Morgan fingerprint density at radius 3 is 2.90 bits per heavy atom. The molecule has 9 heteroatoms. The number of amides is 1. The van der Waals surface area contributed by atoms with Crippen LogP contribution in [0.25, 0.3) is 21.6 Å². The Morgan fingerprint density at radius 1 is 1.27 bits per heavy atom. The molecule has 1 amide bonds. The first-order valence-electron chi connectivity index (χ1n) is 9.35. The topological polar surface area (TPSA) is 91.2 Å². The third-order valence-corrected chi connectivity index (χ3v) is 5.42. The van der Waals surface area contributed by atoms with Crippen molar-refractivity contribution >= 4 is 34.0 Å². The highest BCUT2D eigenvalue weighted by molar-refractivity contribution is 7.13. The average Bonchev–Trinajstić information content (AvgIpc) is 3.37. The first kappa shape index (κ1) is 20.0. The minimum atomic E-state index is -0.277. The Kier molecular flexibility index (Phi) is 5.73. The quantitative estimate of drug-likeness (QED) is 0.456. The lowest BCUT2D eigenvalue weighted by atomic mass is 10.1. The second kappa shape index (κ2) is 8.60. The first-order chi connectivity index (χ1) is 14.6. The number of carbonyl (C=O) groups is 1. The molecule has 4 rings (SSSR count). The highest BCUT2D eigenvalue weighted by Crippen LogP contribution is 2.30. The Bertz CT molecular complexity index is 1190. The van der Waals surface area contributed by atoms with Crippen LogP contribution in [0.5, 0.6) is 5.88 Å². The van der Waals surface area contributed by atoms with E-state index in [-0.39, 0.29) is 5.91 Å². The van der Waals surface area contributed by atoms with E-state index in [1.54, 1.807) is 47.5 Å². The second-order valence-corrected chi connectivity index (χ2v) is 7.54. The second-order valence-electron chi connectivity index (χ2n) is 6.59. The van der Waals surface area contributed by atoms with E-state index in [0.29, 0.717) is 36.0 Å². The number of aryl methyl sites for hydroxylation is 2. The van der Waals surface area contributed by atoms with Crippen LogP contribution >= 0.6 is 11.3 Å². The number of nitrogens with one attached hydrogen (secondary N) is 1. The van der Waals surface area contributed by atoms with Gasteiger partial charge in [-0.1, -0.05) is 6.07 Å². The molecule has 0 bridgehead atoms. The molecule has 0 unspecified atom stereocenters. The fourth-order valence-electron chi connectivity index (χ4n) is 3.19. The van der Waals surface area contributed by atoms with Gasteiger partial charge in [0.15, 0.2) is 5.65 Å². The maximum atomic E-state index is 13.3. The molecule has 0 aliphatic carbocycles. The van der Waals surface area contributed by atoms with E-state index in [1.165, 1.54) is 0 Å². The predicted octanol–water partition coefficient (Wildman–Crippen LogP) is 3.68. The van der Waals surface area contributed by atoms with Crippen molar-refractivity contribution < 1.29 is 14.3 Å². The summed E-state index contributed by atoms with van der Waals surface area (Å²) in [7, 11) is 3.42. The number of anilines is 1.